The zero-order valence-electron chi connectivity index (χ0n) is 9.80. The highest BCUT2D eigenvalue weighted by molar-refractivity contribution is 6.29. The van der Waals surface area contributed by atoms with Gasteiger partial charge in [-0.1, -0.05) is 11.6 Å². The van der Waals surface area contributed by atoms with Crippen LogP contribution in [0.5, 0.6) is 0 Å². The Morgan fingerprint density at radius 3 is 2.94 bits per heavy atom. The number of carbonyl (C=O) groups excluding carboxylic acids is 2. The second kappa shape index (κ2) is 5.35. The zero-order valence-corrected chi connectivity index (χ0v) is 10.6. The summed E-state index contributed by atoms with van der Waals surface area (Å²) in [6.45, 7) is 1.02. The fraction of sp³-hybridized carbons (Fsp3) is 0.417. The van der Waals surface area contributed by atoms with Crippen LogP contribution >= 0.6 is 11.6 Å². The summed E-state index contributed by atoms with van der Waals surface area (Å²) < 4.78 is 0. The molecule has 2 amide bonds. The largest absolute Gasteiger partial charge is 0.369 e. The van der Waals surface area contributed by atoms with Gasteiger partial charge in [0.2, 0.25) is 5.91 Å². The Kier molecular flexibility index (Phi) is 3.81. The number of likely N-dealkylation sites (tertiary alicyclic amines) is 1. The Morgan fingerprint density at radius 2 is 2.28 bits per heavy atom. The number of amides is 2. The van der Waals surface area contributed by atoms with Gasteiger partial charge < -0.3 is 10.6 Å². The summed E-state index contributed by atoms with van der Waals surface area (Å²) in [5.41, 5.74) is 5.77. The van der Waals surface area contributed by atoms with Crippen LogP contribution < -0.4 is 5.73 Å². The monoisotopic (exact) mass is 267 g/mol. The molecule has 0 bridgehead atoms. The highest BCUT2D eigenvalue weighted by Crippen LogP contribution is 2.19. The van der Waals surface area contributed by atoms with Crippen molar-refractivity contribution in [1.29, 1.82) is 0 Å². The summed E-state index contributed by atoms with van der Waals surface area (Å²) in [4.78, 5) is 28.8. The van der Waals surface area contributed by atoms with Gasteiger partial charge in [-0.15, -0.1) is 0 Å². The van der Waals surface area contributed by atoms with E-state index in [0.717, 1.165) is 12.8 Å². The molecule has 1 aromatic heterocycles. The SMILES string of the molecule is NC(=O)C1CCCN(C(=O)c2ccnc(Cl)c2)C1. The number of nitrogens with two attached hydrogens (primary N) is 1. The van der Waals surface area contributed by atoms with Crippen molar-refractivity contribution in [2.24, 2.45) is 11.7 Å². The Labute approximate surface area is 110 Å². The van der Waals surface area contributed by atoms with E-state index >= 15 is 0 Å². The molecule has 1 fully saturated rings. The van der Waals surface area contributed by atoms with Gasteiger partial charge >= 0.3 is 0 Å². The van der Waals surface area contributed by atoms with Crippen molar-refractivity contribution < 1.29 is 9.59 Å². The van der Waals surface area contributed by atoms with E-state index in [1.54, 1.807) is 11.0 Å². The summed E-state index contributed by atoms with van der Waals surface area (Å²) in [5.74, 6) is -0.731. The fourth-order valence-corrected chi connectivity index (χ4v) is 2.29. The van der Waals surface area contributed by atoms with Crippen molar-refractivity contribution in [2.45, 2.75) is 12.8 Å². The molecular weight excluding hydrogens is 254 g/mol. The molecule has 0 saturated carbocycles. The molecule has 2 rings (SSSR count). The number of aromatic nitrogens is 1. The van der Waals surface area contributed by atoms with Crippen LogP contribution in [0.1, 0.15) is 23.2 Å². The van der Waals surface area contributed by atoms with Gasteiger partial charge in [0.05, 0.1) is 5.92 Å². The first-order chi connectivity index (χ1) is 8.58. The van der Waals surface area contributed by atoms with Crippen LogP contribution in [0.3, 0.4) is 0 Å². The van der Waals surface area contributed by atoms with Gasteiger partial charge in [-0.2, -0.15) is 0 Å². The normalized spacial score (nSPS) is 19.6. The fourth-order valence-electron chi connectivity index (χ4n) is 2.11. The lowest BCUT2D eigenvalue weighted by atomic mass is 9.97. The van der Waals surface area contributed by atoms with E-state index in [2.05, 4.69) is 4.98 Å². The molecule has 1 aliphatic heterocycles. The predicted molar refractivity (Wildman–Crippen MR) is 67.1 cm³/mol. The van der Waals surface area contributed by atoms with E-state index in [9.17, 15) is 9.59 Å². The van der Waals surface area contributed by atoms with E-state index in [1.807, 2.05) is 0 Å². The molecule has 1 saturated heterocycles. The van der Waals surface area contributed by atoms with Crippen LogP contribution in [0.4, 0.5) is 0 Å². The van der Waals surface area contributed by atoms with Gasteiger partial charge in [-0.05, 0) is 25.0 Å². The van der Waals surface area contributed by atoms with Gasteiger partial charge in [-0.25, -0.2) is 4.98 Å². The molecule has 0 aromatic carbocycles. The van der Waals surface area contributed by atoms with Crippen LogP contribution in [0, 0.1) is 5.92 Å². The van der Waals surface area contributed by atoms with Gasteiger partial charge in [-0.3, -0.25) is 9.59 Å². The van der Waals surface area contributed by atoms with E-state index < -0.39 is 0 Å². The number of hydrogen-bond acceptors (Lipinski definition) is 3. The lowest BCUT2D eigenvalue weighted by Crippen LogP contribution is -2.44. The third kappa shape index (κ3) is 2.79. The minimum absolute atomic E-state index is 0.134. The number of nitrogens with zero attached hydrogens (tertiary/aromatic N) is 2. The second-order valence-corrected chi connectivity index (χ2v) is 4.75. The Hall–Kier alpha value is -1.62. The van der Waals surface area contributed by atoms with Crippen LogP contribution in [-0.4, -0.2) is 34.8 Å². The number of halogens is 1. The summed E-state index contributed by atoms with van der Waals surface area (Å²) >= 11 is 5.75. The van der Waals surface area contributed by atoms with Crippen molar-refractivity contribution in [3.8, 4) is 0 Å². The molecule has 2 N–H and O–H groups in total. The number of piperidine rings is 1. The average Bonchev–Trinajstić information content (AvgIpc) is 2.38. The number of carbonyl (C=O) groups is 2. The first-order valence-electron chi connectivity index (χ1n) is 5.78. The van der Waals surface area contributed by atoms with Crippen molar-refractivity contribution >= 4 is 23.4 Å². The van der Waals surface area contributed by atoms with Crippen molar-refractivity contribution in [2.75, 3.05) is 13.1 Å². The Balaban J connectivity index is 2.11. The van der Waals surface area contributed by atoms with Crippen molar-refractivity contribution in [3.63, 3.8) is 0 Å². The van der Waals surface area contributed by atoms with E-state index in [1.165, 1.54) is 12.3 Å². The molecule has 0 aliphatic carbocycles. The third-order valence-corrected chi connectivity index (χ3v) is 3.29. The average molecular weight is 268 g/mol. The topological polar surface area (TPSA) is 76.3 Å². The van der Waals surface area contributed by atoms with Gasteiger partial charge in [0.1, 0.15) is 5.15 Å². The molecule has 1 atom stereocenters. The molecule has 6 heteroatoms. The first-order valence-corrected chi connectivity index (χ1v) is 6.16. The lowest BCUT2D eigenvalue weighted by Gasteiger charge is -2.31. The third-order valence-electron chi connectivity index (χ3n) is 3.08. The number of hydrogen-bond donors (Lipinski definition) is 1. The lowest BCUT2D eigenvalue weighted by molar-refractivity contribution is -0.123. The van der Waals surface area contributed by atoms with Gasteiger partial charge in [0.25, 0.3) is 5.91 Å². The molecule has 2 heterocycles. The maximum Gasteiger partial charge on any atom is 0.254 e. The highest BCUT2D eigenvalue weighted by Gasteiger charge is 2.27. The smallest absolute Gasteiger partial charge is 0.254 e. The van der Waals surface area contributed by atoms with Gasteiger partial charge in [0, 0.05) is 24.8 Å². The van der Waals surface area contributed by atoms with Crippen LogP contribution in [-0.2, 0) is 4.79 Å². The minimum Gasteiger partial charge on any atom is -0.369 e. The standard InChI is InChI=1S/C12H14ClN3O2/c13-10-6-8(3-4-15-10)12(18)16-5-1-2-9(7-16)11(14)17/h3-4,6,9H,1-2,5,7H2,(H2,14,17). The Morgan fingerprint density at radius 1 is 1.50 bits per heavy atom. The zero-order chi connectivity index (χ0) is 13.1. The molecule has 0 radical (unpaired) electrons. The molecule has 0 spiro atoms. The van der Waals surface area contributed by atoms with Crippen LogP contribution in [0.25, 0.3) is 0 Å². The van der Waals surface area contributed by atoms with Crippen LogP contribution in [0.2, 0.25) is 5.15 Å². The van der Waals surface area contributed by atoms with Crippen molar-refractivity contribution in [1.82, 2.24) is 9.88 Å². The molecule has 5 nitrogen and oxygen atoms in total. The molecule has 96 valence electrons. The molecule has 1 aromatic rings. The maximum atomic E-state index is 12.2. The number of primary amides is 1. The second-order valence-electron chi connectivity index (χ2n) is 4.36. The predicted octanol–water partition coefficient (Wildman–Crippen LogP) is 1.07. The highest BCUT2D eigenvalue weighted by atomic mass is 35.5. The molecule has 1 unspecified atom stereocenters. The quantitative estimate of drug-likeness (QED) is 0.815. The summed E-state index contributed by atoms with van der Waals surface area (Å²) in [6.07, 6.45) is 3.03. The minimum atomic E-state index is -0.347. The molecule has 18 heavy (non-hydrogen) atoms. The first kappa shape index (κ1) is 12.8. The van der Waals surface area contributed by atoms with Crippen LogP contribution in [0.15, 0.2) is 18.3 Å². The summed E-state index contributed by atoms with van der Waals surface area (Å²) in [5, 5.41) is 0.282. The summed E-state index contributed by atoms with van der Waals surface area (Å²) in [6, 6.07) is 3.14. The van der Waals surface area contributed by atoms with Crippen molar-refractivity contribution in [3.05, 3.63) is 29.0 Å². The number of pyridine rings is 1. The van der Waals surface area contributed by atoms with Gasteiger partial charge in [0.15, 0.2) is 0 Å². The van der Waals surface area contributed by atoms with E-state index in [4.69, 9.17) is 17.3 Å². The maximum absolute atomic E-state index is 12.2. The summed E-state index contributed by atoms with van der Waals surface area (Å²) in [7, 11) is 0. The number of rotatable bonds is 2. The van der Waals surface area contributed by atoms with E-state index in [-0.39, 0.29) is 22.9 Å². The molecule has 1 aliphatic rings. The Bertz CT molecular complexity index is 478. The van der Waals surface area contributed by atoms with E-state index in [0.29, 0.717) is 18.7 Å². The molecular formula is C12H14ClN3O2.